The number of hydrogen-bond acceptors (Lipinski definition) is 3. The quantitative estimate of drug-likeness (QED) is 0.717. The van der Waals surface area contributed by atoms with Crippen molar-refractivity contribution in [3.05, 3.63) is 11.6 Å². The van der Waals surface area contributed by atoms with Crippen molar-refractivity contribution >= 4 is 12.0 Å². The summed E-state index contributed by atoms with van der Waals surface area (Å²) in [6, 6.07) is 0. The Balaban J connectivity index is 1.23. The first kappa shape index (κ1) is 17.6. The third-order valence-electron chi connectivity index (χ3n) is 8.16. The van der Waals surface area contributed by atoms with E-state index < -0.39 is 0 Å². The molecule has 148 valence electrons. The van der Waals surface area contributed by atoms with E-state index in [-0.39, 0.29) is 24.6 Å². The van der Waals surface area contributed by atoms with Crippen LogP contribution in [0.2, 0.25) is 0 Å². The second-order valence-electron chi connectivity index (χ2n) is 9.42. The van der Waals surface area contributed by atoms with E-state index in [4.69, 9.17) is 4.74 Å². The SMILES string of the molecule is O=C1CN(C(=O)OC2C=C3CCC4C5CCCC5CCC4C3CC2)CCN1. The van der Waals surface area contributed by atoms with Crippen molar-refractivity contribution in [1.29, 1.82) is 0 Å². The molecule has 5 nitrogen and oxygen atoms in total. The zero-order valence-corrected chi connectivity index (χ0v) is 16.2. The van der Waals surface area contributed by atoms with Crippen LogP contribution >= 0.6 is 0 Å². The molecule has 27 heavy (non-hydrogen) atoms. The van der Waals surface area contributed by atoms with Crippen LogP contribution < -0.4 is 5.32 Å². The number of hydrogen-bond donors (Lipinski definition) is 1. The van der Waals surface area contributed by atoms with Crippen LogP contribution in [0.3, 0.4) is 0 Å². The number of fused-ring (bicyclic) bond motifs is 5. The van der Waals surface area contributed by atoms with Crippen molar-refractivity contribution in [2.45, 2.75) is 63.9 Å². The average Bonchev–Trinajstić information content (AvgIpc) is 3.16. The summed E-state index contributed by atoms with van der Waals surface area (Å²) in [5, 5.41) is 2.75. The minimum atomic E-state index is -0.328. The number of piperazine rings is 1. The molecule has 5 heteroatoms. The van der Waals surface area contributed by atoms with E-state index >= 15 is 0 Å². The van der Waals surface area contributed by atoms with Gasteiger partial charge < -0.3 is 10.1 Å². The predicted molar refractivity (Wildman–Crippen MR) is 102 cm³/mol. The van der Waals surface area contributed by atoms with Crippen LogP contribution in [-0.4, -0.2) is 42.6 Å². The normalized spacial score (nSPS) is 41.0. The Hall–Kier alpha value is -1.52. The van der Waals surface area contributed by atoms with E-state index in [1.165, 1.54) is 56.3 Å². The molecule has 5 rings (SSSR count). The van der Waals surface area contributed by atoms with Crippen molar-refractivity contribution in [3.8, 4) is 0 Å². The van der Waals surface area contributed by atoms with E-state index in [9.17, 15) is 9.59 Å². The number of ether oxygens (including phenoxy) is 1. The summed E-state index contributed by atoms with van der Waals surface area (Å²) < 4.78 is 5.76. The smallest absolute Gasteiger partial charge is 0.410 e. The molecular formula is C22H32N2O3. The van der Waals surface area contributed by atoms with Gasteiger partial charge in [-0.1, -0.05) is 18.4 Å². The Morgan fingerprint density at radius 2 is 1.96 bits per heavy atom. The third-order valence-corrected chi connectivity index (χ3v) is 8.16. The number of rotatable bonds is 1. The van der Waals surface area contributed by atoms with Crippen LogP contribution in [0.25, 0.3) is 0 Å². The minimum absolute atomic E-state index is 0.0962. The fourth-order valence-corrected chi connectivity index (χ4v) is 7.01. The van der Waals surface area contributed by atoms with Gasteiger partial charge in [-0.3, -0.25) is 9.69 Å². The maximum Gasteiger partial charge on any atom is 0.410 e. The number of nitrogens with zero attached hydrogens (tertiary/aromatic N) is 1. The molecule has 1 heterocycles. The van der Waals surface area contributed by atoms with Gasteiger partial charge in [0.05, 0.1) is 0 Å². The molecule has 6 unspecified atom stereocenters. The van der Waals surface area contributed by atoms with Crippen LogP contribution in [-0.2, 0) is 9.53 Å². The Morgan fingerprint density at radius 3 is 2.85 bits per heavy atom. The van der Waals surface area contributed by atoms with Gasteiger partial charge in [0, 0.05) is 13.1 Å². The molecule has 1 saturated heterocycles. The summed E-state index contributed by atoms with van der Waals surface area (Å²) in [5.74, 6) is 4.51. The van der Waals surface area contributed by atoms with Gasteiger partial charge in [0.1, 0.15) is 12.6 Å². The molecule has 2 amide bonds. The standard InChI is InChI=1S/C22H32N2O3/c25-21-13-24(11-10-23-21)22(26)27-16-6-9-18-15(12-16)5-8-19-17-3-1-2-14(17)4-7-20(18)19/h12,14,16-20H,1-11,13H2,(H,23,25). The highest BCUT2D eigenvalue weighted by molar-refractivity contribution is 5.83. The van der Waals surface area contributed by atoms with Crippen molar-refractivity contribution in [2.24, 2.45) is 29.6 Å². The lowest BCUT2D eigenvalue weighted by atomic mass is 9.56. The first-order valence-electron chi connectivity index (χ1n) is 11.1. The fourth-order valence-electron chi connectivity index (χ4n) is 7.01. The molecule has 0 aromatic rings. The third kappa shape index (κ3) is 3.27. The van der Waals surface area contributed by atoms with Gasteiger partial charge >= 0.3 is 6.09 Å². The van der Waals surface area contributed by atoms with E-state index in [1.807, 2.05) is 0 Å². The zero-order chi connectivity index (χ0) is 18.4. The molecule has 5 aliphatic rings. The van der Waals surface area contributed by atoms with Crippen molar-refractivity contribution < 1.29 is 14.3 Å². The van der Waals surface area contributed by atoms with Gasteiger partial charge in [0.25, 0.3) is 0 Å². The van der Waals surface area contributed by atoms with Crippen molar-refractivity contribution in [2.75, 3.05) is 19.6 Å². The van der Waals surface area contributed by atoms with E-state index in [0.29, 0.717) is 13.1 Å². The first-order chi connectivity index (χ1) is 13.2. The Morgan fingerprint density at radius 1 is 1.04 bits per heavy atom. The Bertz CT molecular complexity index is 645. The maximum absolute atomic E-state index is 12.4. The summed E-state index contributed by atoms with van der Waals surface area (Å²) in [7, 11) is 0. The summed E-state index contributed by atoms with van der Waals surface area (Å²) in [5.41, 5.74) is 1.56. The predicted octanol–water partition coefficient (Wildman–Crippen LogP) is 3.50. The number of carbonyl (C=O) groups excluding carboxylic acids is 2. The molecule has 0 spiro atoms. The van der Waals surface area contributed by atoms with Crippen LogP contribution in [0.5, 0.6) is 0 Å². The molecular weight excluding hydrogens is 340 g/mol. The largest absolute Gasteiger partial charge is 0.442 e. The van der Waals surface area contributed by atoms with Crippen molar-refractivity contribution in [3.63, 3.8) is 0 Å². The lowest BCUT2D eigenvalue weighted by Gasteiger charge is -2.49. The van der Waals surface area contributed by atoms with E-state index in [2.05, 4.69) is 11.4 Å². The number of nitrogens with one attached hydrogen (secondary N) is 1. The molecule has 3 saturated carbocycles. The topological polar surface area (TPSA) is 58.6 Å². The lowest BCUT2D eigenvalue weighted by Crippen LogP contribution is -2.50. The number of allylic oxidation sites excluding steroid dienone is 1. The molecule has 1 aliphatic heterocycles. The summed E-state index contributed by atoms with van der Waals surface area (Å²) >= 11 is 0. The van der Waals surface area contributed by atoms with Crippen molar-refractivity contribution in [1.82, 2.24) is 10.2 Å². The number of carbonyl (C=O) groups is 2. The molecule has 0 bridgehead atoms. The minimum Gasteiger partial charge on any atom is -0.442 e. The highest BCUT2D eigenvalue weighted by atomic mass is 16.6. The monoisotopic (exact) mass is 372 g/mol. The second kappa shape index (κ2) is 7.14. The van der Waals surface area contributed by atoms with Gasteiger partial charge in [-0.25, -0.2) is 4.79 Å². The molecule has 1 N–H and O–H groups in total. The molecule has 0 aromatic carbocycles. The fraction of sp³-hybridized carbons (Fsp3) is 0.818. The van der Waals surface area contributed by atoms with Crippen LogP contribution in [0.1, 0.15) is 57.8 Å². The van der Waals surface area contributed by atoms with Gasteiger partial charge in [-0.2, -0.15) is 0 Å². The lowest BCUT2D eigenvalue weighted by molar-refractivity contribution is -0.123. The summed E-state index contributed by atoms with van der Waals surface area (Å²) in [6.07, 6.45) is 13.8. The average molecular weight is 373 g/mol. The Kier molecular flexibility index (Phi) is 4.65. The van der Waals surface area contributed by atoms with Crippen LogP contribution in [0.15, 0.2) is 11.6 Å². The summed E-state index contributed by atoms with van der Waals surface area (Å²) in [6.45, 7) is 1.19. The second-order valence-corrected chi connectivity index (χ2v) is 9.42. The molecule has 0 aromatic heterocycles. The van der Waals surface area contributed by atoms with E-state index in [1.54, 1.807) is 5.57 Å². The summed E-state index contributed by atoms with van der Waals surface area (Å²) in [4.78, 5) is 25.4. The maximum atomic E-state index is 12.4. The van der Waals surface area contributed by atoms with Crippen LogP contribution in [0.4, 0.5) is 4.79 Å². The van der Waals surface area contributed by atoms with Gasteiger partial charge in [-0.05, 0) is 80.6 Å². The molecule has 0 radical (unpaired) electrons. The van der Waals surface area contributed by atoms with Crippen LogP contribution in [0, 0.1) is 29.6 Å². The highest BCUT2D eigenvalue weighted by Crippen LogP contribution is 2.56. The Labute approximate surface area is 161 Å². The zero-order valence-electron chi connectivity index (χ0n) is 16.2. The van der Waals surface area contributed by atoms with Gasteiger partial charge in [0.15, 0.2) is 0 Å². The molecule has 6 atom stereocenters. The van der Waals surface area contributed by atoms with Gasteiger partial charge in [-0.15, -0.1) is 0 Å². The van der Waals surface area contributed by atoms with E-state index in [0.717, 1.165) is 36.0 Å². The first-order valence-corrected chi connectivity index (χ1v) is 11.1. The highest BCUT2D eigenvalue weighted by Gasteiger charge is 2.47. The molecule has 4 fully saturated rings. The molecule has 4 aliphatic carbocycles. The number of amides is 2. The van der Waals surface area contributed by atoms with Gasteiger partial charge in [0.2, 0.25) is 5.91 Å².